The molecule has 9 heteroatoms. The molecule has 1 N–H and O–H groups in total. The van der Waals surface area contributed by atoms with Gasteiger partial charge in [0.25, 0.3) is 0 Å². The van der Waals surface area contributed by atoms with Crippen molar-refractivity contribution in [1.82, 2.24) is 0 Å². The molecule has 4 heterocycles. The van der Waals surface area contributed by atoms with E-state index in [1.54, 1.807) is 0 Å². The number of hydrogen-bond donors (Lipinski definition) is 1. The third-order valence-electron chi connectivity index (χ3n) is 10.1. The maximum atomic E-state index is 12.9. The van der Waals surface area contributed by atoms with Gasteiger partial charge in [0.05, 0.1) is 36.6 Å². The number of halogens is 4. The van der Waals surface area contributed by atoms with E-state index in [0.29, 0.717) is 11.3 Å². The molecule has 0 fully saturated rings. The summed E-state index contributed by atoms with van der Waals surface area (Å²) < 4.78 is 7.08. The second-order valence-corrected chi connectivity index (χ2v) is 15.2. The third kappa shape index (κ3) is 4.42. The Bertz CT molecular complexity index is 2170. The van der Waals surface area contributed by atoms with Crippen LogP contribution in [0.5, 0.6) is 11.5 Å². The Morgan fingerprint density at radius 1 is 0.935 bits per heavy atom. The van der Waals surface area contributed by atoms with E-state index in [4.69, 9.17) is 56.1 Å². The van der Waals surface area contributed by atoms with Gasteiger partial charge in [0.15, 0.2) is 0 Å². The van der Waals surface area contributed by atoms with Gasteiger partial charge in [0.1, 0.15) is 11.5 Å². The van der Waals surface area contributed by atoms with Crippen LogP contribution in [0.15, 0.2) is 35.3 Å². The highest BCUT2D eigenvalue weighted by Gasteiger charge is 2.36. The molecule has 0 aromatic heterocycles. The molecule has 0 bridgehead atoms. The predicted octanol–water partition coefficient (Wildman–Crippen LogP) is 9.50. The van der Waals surface area contributed by atoms with E-state index in [2.05, 4.69) is 49.9 Å². The largest absolute Gasteiger partial charge is 0.478 e. The summed E-state index contributed by atoms with van der Waals surface area (Å²) in [4.78, 5) is 20.5. The molecule has 0 radical (unpaired) electrons. The van der Waals surface area contributed by atoms with Gasteiger partial charge in [0.2, 0.25) is 0 Å². The van der Waals surface area contributed by atoms with Gasteiger partial charge in [0, 0.05) is 51.6 Å². The Kier molecular flexibility index (Phi) is 7.12. The molecule has 1 atom stereocenters. The maximum absolute atomic E-state index is 12.9. The molecule has 236 valence electrons. The lowest BCUT2D eigenvalue weighted by Crippen LogP contribution is -2.32. The zero-order valence-electron chi connectivity index (χ0n) is 25.8. The summed E-state index contributed by atoms with van der Waals surface area (Å²) in [6.07, 6.45) is 5.91. The molecular weight excluding hydrogens is 662 g/mol. The minimum Gasteiger partial charge on any atom is -0.478 e. The molecule has 0 saturated heterocycles. The van der Waals surface area contributed by atoms with Crippen LogP contribution in [0.25, 0.3) is 16.3 Å². The summed E-state index contributed by atoms with van der Waals surface area (Å²) >= 11 is 26.8. The standard InChI is InChI=1S/C37H32Cl4N2O3/c1-17-16-37(2,3)42-24-12-11-20-19(25(17)24)9-10-21-26(27-28(36(44)45)30(39)32(41)31(40)29(27)38)23-15-18-7-4-5-13-43-14-6-8-22(33(18)43)35(23)46-34(20)21/h9-12,15,17H,4-8,13-14,16H2,1-3H3,(H,44,45). The second kappa shape index (κ2) is 10.8. The first kappa shape index (κ1) is 30.4. The molecule has 4 aliphatic heterocycles. The van der Waals surface area contributed by atoms with E-state index < -0.39 is 5.97 Å². The molecule has 0 saturated carbocycles. The Hall–Kier alpha value is -2.96. The van der Waals surface area contributed by atoms with E-state index in [0.717, 1.165) is 89.8 Å². The Morgan fingerprint density at radius 3 is 2.46 bits per heavy atom. The van der Waals surface area contributed by atoms with E-state index >= 15 is 0 Å². The van der Waals surface area contributed by atoms with Gasteiger partial charge in [-0.2, -0.15) is 0 Å². The smallest absolute Gasteiger partial charge is 0.337 e. The van der Waals surface area contributed by atoms with Gasteiger partial charge in [-0.05, 0) is 99.1 Å². The number of nitrogens with zero attached hydrogens (tertiary/aromatic N) is 2. The second-order valence-electron chi connectivity index (χ2n) is 13.6. The van der Waals surface area contributed by atoms with Gasteiger partial charge in [-0.1, -0.05) is 59.4 Å². The lowest BCUT2D eigenvalue weighted by Gasteiger charge is -2.36. The van der Waals surface area contributed by atoms with Crippen LogP contribution in [0.1, 0.15) is 90.5 Å². The van der Waals surface area contributed by atoms with Crippen LogP contribution in [-0.2, 0) is 12.8 Å². The van der Waals surface area contributed by atoms with Crippen molar-refractivity contribution in [2.75, 3.05) is 18.0 Å². The highest BCUT2D eigenvalue weighted by molar-refractivity contribution is 6.53. The van der Waals surface area contributed by atoms with Crippen molar-refractivity contribution in [2.24, 2.45) is 4.99 Å². The number of carbonyl (C=O) groups is 1. The number of hydrogen-bond acceptors (Lipinski definition) is 4. The fraction of sp³-hybridized carbons (Fsp3) is 0.351. The van der Waals surface area contributed by atoms with Gasteiger partial charge in [-0.25, -0.2) is 4.79 Å². The summed E-state index contributed by atoms with van der Waals surface area (Å²) in [5.41, 5.74) is 6.21. The molecule has 4 aliphatic rings. The first-order chi connectivity index (χ1) is 22.0. The molecule has 5 nitrogen and oxygen atoms in total. The summed E-state index contributed by atoms with van der Waals surface area (Å²) in [5.74, 6) is 0.455. The van der Waals surface area contributed by atoms with Crippen LogP contribution in [0, 0.1) is 0 Å². The number of ether oxygens (including phenoxy) is 1. The van der Waals surface area contributed by atoms with Crippen molar-refractivity contribution in [3.8, 4) is 11.5 Å². The van der Waals surface area contributed by atoms with Crippen LogP contribution in [0.4, 0.5) is 5.69 Å². The first-order valence-corrected chi connectivity index (χ1v) is 17.4. The SMILES string of the molecule is CC1CC(C)(C)N=c2ccc3c4c(ccc3c21)=C(c1c(Cl)c(Cl)c(Cl)c(Cl)c1C(=O)O)c1cc2c3c(c1O4)CCCN3CCCC2. The molecule has 8 rings (SSSR count). The predicted molar refractivity (Wildman–Crippen MR) is 187 cm³/mol. The van der Waals surface area contributed by atoms with Crippen LogP contribution >= 0.6 is 46.4 Å². The first-order valence-electron chi connectivity index (χ1n) is 15.9. The number of fused-ring (bicyclic) bond motifs is 7. The zero-order chi connectivity index (χ0) is 32.2. The van der Waals surface area contributed by atoms with Crippen LogP contribution in [-0.4, -0.2) is 29.7 Å². The fourth-order valence-corrected chi connectivity index (χ4v) is 9.44. The molecule has 4 aromatic carbocycles. The summed E-state index contributed by atoms with van der Waals surface area (Å²) in [5, 5.41) is 14.1. The Morgan fingerprint density at radius 2 is 1.67 bits per heavy atom. The quantitative estimate of drug-likeness (QED) is 0.148. The molecule has 1 unspecified atom stereocenters. The minimum atomic E-state index is -1.24. The topological polar surface area (TPSA) is 62.1 Å². The number of benzene rings is 4. The van der Waals surface area contributed by atoms with Crippen molar-refractivity contribution < 1.29 is 14.6 Å². The summed E-state index contributed by atoms with van der Waals surface area (Å²) in [6.45, 7) is 8.63. The van der Waals surface area contributed by atoms with Crippen molar-refractivity contribution in [2.45, 2.75) is 70.8 Å². The number of aryl methyl sites for hydroxylation is 1. The number of carboxylic acids is 1. The molecule has 46 heavy (non-hydrogen) atoms. The van der Waals surface area contributed by atoms with Crippen molar-refractivity contribution in [1.29, 1.82) is 0 Å². The van der Waals surface area contributed by atoms with Gasteiger partial charge < -0.3 is 14.7 Å². The van der Waals surface area contributed by atoms with Crippen molar-refractivity contribution >= 4 is 74.4 Å². The lowest BCUT2D eigenvalue weighted by atomic mass is 9.81. The minimum absolute atomic E-state index is 0.0191. The van der Waals surface area contributed by atoms with E-state index in [9.17, 15) is 9.90 Å². The van der Waals surface area contributed by atoms with Gasteiger partial charge in [-0.3, -0.25) is 4.99 Å². The third-order valence-corrected chi connectivity index (χ3v) is 11.9. The van der Waals surface area contributed by atoms with E-state index in [-0.39, 0.29) is 42.7 Å². The Balaban J connectivity index is 1.56. The number of carboxylic acid groups (broad SMARTS) is 1. The van der Waals surface area contributed by atoms with Crippen LogP contribution in [0.3, 0.4) is 0 Å². The monoisotopic (exact) mass is 692 g/mol. The number of anilines is 1. The molecule has 0 amide bonds. The maximum Gasteiger partial charge on any atom is 0.337 e. The number of rotatable bonds is 2. The zero-order valence-corrected chi connectivity index (χ0v) is 28.8. The average Bonchev–Trinajstić information content (AvgIpc) is 3.22. The Labute approximate surface area is 287 Å². The van der Waals surface area contributed by atoms with E-state index in [1.807, 2.05) is 6.07 Å². The molecule has 0 spiro atoms. The van der Waals surface area contributed by atoms with Gasteiger partial charge >= 0.3 is 5.97 Å². The van der Waals surface area contributed by atoms with Crippen molar-refractivity contribution in [3.63, 3.8) is 0 Å². The van der Waals surface area contributed by atoms with E-state index in [1.165, 1.54) is 16.8 Å². The molecule has 0 aliphatic carbocycles. The molecule has 4 aromatic rings. The summed E-state index contributed by atoms with van der Waals surface area (Å²) in [6, 6.07) is 10.5. The lowest BCUT2D eigenvalue weighted by molar-refractivity contribution is 0.0696. The van der Waals surface area contributed by atoms with Crippen LogP contribution in [0.2, 0.25) is 20.1 Å². The average molecular weight is 694 g/mol. The highest BCUT2D eigenvalue weighted by Crippen LogP contribution is 2.52. The fourth-order valence-electron chi connectivity index (χ4n) is 8.41. The summed E-state index contributed by atoms with van der Waals surface area (Å²) in [7, 11) is 0. The normalized spacial score (nSPS) is 19.3. The number of aromatic carboxylic acids is 1. The highest BCUT2D eigenvalue weighted by atomic mass is 35.5. The molecular formula is C37H32Cl4N2O3. The van der Waals surface area contributed by atoms with Crippen LogP contribution < -0.4 is 20.2 Å². The van der Waals surface area contributed by atoms with Crippen molar-refractivity contribution in [3.05, 3.63) is 94.4 Å². The van der Waals surface area contributed by atoms with Gasteiger partial charge in [-0.15, -0.1) is 0 Å².